The van der Waals surface area contributed by atoms with Gasteiger partial charge in [0.25, 0.3) is 0 Å². The summed E-state index contributed by atoms with van der Waals surface area (Å²) < 4.78 is 5.57. The number of nitrogens with zero attached hydrogens (tertiary/aromatic N) is 2. The summed E-state index contributed by atoms with van der Waals surface area (Å²) in [5, 5.41) is 4.10. The molecule has 0 fully saturated rings. The Hall–Kier alpha value is -0.860. The molecule has 21 heavy (non-hydrogen) atoms. The van der Waals surface area contributed by atoms with Crippen LogP contribution in [-0.4, -0.2) is 10.1 Å². The molecule has 0 aliphatic rings. The number of rotatable bonds is 12. The van der Waals surface area contributed by atoms with Crippen LogP contribution in [0.15, 0.2) is 4.52 Å². The largest absolute Gasteiger partial charge is 0.339 e. The Morgan fingerprint density at radius 2 is 1.43 bits per heavy atom. The van der Waals surface area contributed by atoms with Gasteiger partial charge in [0.1, 0.15) is 0 Å². The van der Waals surface area contributed by atoms with E-state index >= 15 is 0 Å². The number of hydrogen-bond acceptors (Lipinski definition) is 3. The van der Waals surface area contributed by atoms with Crippen LogP contribution in [0.4, 0.5) is 0 Å². The van der Waals surface area contributed by atoms with Gasteiger partial charge in [-0.3, -0.25) is 0 Å². The van der Waals surface area contributed by atoms with E-state index < -0.39 is 0 Å². The SMILES string of the molecule is CCCCCCC(C)(CCCCCC)c1nc(CC)no1. The van der Waals surface area contributed by atoms with Crippen molar-refractivity contribution in [3.63, 3.8) is 0 Å². The fourth-order valence-electron chi connectivity index (χ4n) is 2.87. The number of hydrogen-bond donors (Lipinski definition) is 0. The van der Waals surface area contributed by atoms with Crippen LogP contribution in [0.2, 0.25) is 0 Å². The smallest absolute Gasteiger partial charge is 0.232 e. The lowest BCUT2D eigenvalue weighted by atomic mass is 9.79. The van der Waals surface area contributed by atoms with E-state index in [1.54, 1.807) is 0 Å². The maximum atomic E-state index is 5.57. The lowest BCUT2D eigenvalue weighted by Gasteiger charge is -2.25. The summed E-state index contributed by atoms with van der Waals surface area (Å²) in [5.74, 6) is 1.71. The van der Waals surface area contributed by atoms with Gasteiger partial charge in [0.2, 0.25) is 5.89 Å². The van der Waals surface area contributed by atoms with Gasteiger partial charge in [0.05, 0.1) is 0 Å². The summed E-state index contributed by atoms with van der Waals surface area (Å²) >= 11 is 0. The van der Waals surface area contributed by atoms with Crippen molar-refractivity contribution >= 4 is 0 Å². The van der Waals surface area contributed by atoms with Crippen molar-refractivity contribution in [2.24, 2.45) is 0 Å². The highest BCUT2D eigenvalue weighted by Crippen LogP contribution is 2.34. The minimum absolute atomic E-state index is 0.0713. The van der Waals surface area contributed by atoms with Crippen molar-refractivity contribution in [1.29, 1.82) is 0 Å². The minimum Gasteiger partial charge on any atom is -0.339 e. The Morgan fingerprint density at radius 3 is 1.86 bits per heavy atom. The monoisotopic (exact) mass is 294 g/mol. The van der Waals surface area contributed by atoms with E-state index in [9.17, 15) is 0 Å². The zero-order valence-electron chi connectivity index (χ0n) is 14.6. The molecule has 0 amide bonds. The molecule has 1 rings (SSSR count). The molecule has 122 valence electrons. The van der Waals surface area contributed by atoms with Crippen LogP contribution in [0.3, 0.4) is 0 Å². The number of aromatic nitrogens is 2. The van der Waals surface area contributed by atoms with Crippen molar-refractivity contribution in [2.45, 2.75) is 104 Å². The number of aryl methyl sites for hydroxylation is 1. The molecule has 0 saturated heterocycles. The van der Waals surface area contributed by atoms with Crippen molar-refractivity contribution < 1.29 is 4.52 Å². The highest BCUT2D eigenvalue weighted by molar-refractivity contribution is 5.03. The lowest BCUT2D eigenvalue weighted by molar-refractivity contribution is 0.254. The van der Waals surface area contributed by atoms with Gasteiger partial charge in [-0.15, -0.1) is 0 Å². The van der Waals surface area contributed by atoms with E-state index in [0.717, 1.165) is 18.1 Å². The molecule has 3 nitrogen and oxygen atoms in total. The molecule has 0 bridgehead atoms. The Bertz CT molecular complexity index is 361. The molecule has 1 aromatic rings. The zero-order chi connectivity index (χ0) is 15.6. The van der Waals surface area contributed by atoms with Crippen LogP contribution in [-0.2, 0) is 11.8 Å². The van der Waals surface area contributed by atoms with Crippen molar-refractivity contribution in [3.8, 4) is 0 Å². The lowest BCUT2D eigenvalue weighted by Crippen LogP contribution is -2.22. The Labute approximate surface area is 130 Å². The van der Waals surface area contributed by atoms with E-state index in [0.29, 0.717) is 0 Å². The molecule has 0 unspecified atom stereocenters. The summed E-state index contributed by atoms with van der Waals surface area (Å²) in [6.45, 7) is 8.91. The van der Waals surface area contributed by atoms with Crippen LogP contribution in [0.1, 0.15) is 104 Å². The van der Waals surface area contributed by atoms with Gasteiger partial charge in [-0.25, -0.2) is 0 Å². The predicted octanol–water partition coefficient (Wildman–Crippen LogP) is 5.83. The first-order valence-electron chi connectivity index (χ1n) is 8.99. The Balaban J connectivity index is 2.62. The summed E-state index contributed by atoms with van der Waals surface area (Å²) in [7, 11) is 0. The molecular weight excluding hydrogens is 260 g/mol. The fraction of sp³-hybridized carbons (Fsp3) is 0.889. The molecule has 0 aliphatic carbocycles. The van der Waals surface area contributed by atoms with E-state index in [4.69, 9.17) is 4.52 Å². The Morgan fingerprint density at radius 1 is 0.857 bits per heavy atom. The van der Waals surface area contributed by atoms with Gasteiger partial charge in [0, 0.05) is 11.8 Å². The van der Waals surface area contributed by atoms with Crippen LogP contribution < -0.4 is 0 Å². The third kappa shape index (κ3) is 6.19. The van der Waals surface area contributed by atoms with Gasteiger partial charge in [-0.1, -0.05) is 84.2 Å². The van der Waals surface area contributed by atoms with E-state index in [-0.39, 0.29) is 5.41 Å². The van der Waals surface area contributed by atoms with Gasteiger partial charge in [-0.05, 0) is 12.8 Å². The quantitative estimate of drug-likeness (QED) is 0.455. The van der Waals surface area contributed by atoms with Crippen LogP contribution in [0, 0.1) is 0 Å². The molecule has 0 atom stereocenters. The van der Waals surface area contributed by atoms with E-state index in [1.165, 1.54) is 64.2 Å². The topological polar surface area (TPSA) is 38.9 Å². The molecule has 1 aromatic heterocycles. The maximum absolute atomic E-state index is 5.57. The first-order valence-corrected chi connectivity index (χ1v) is 8.99. The second-order valence-electron chi connectivity index (χ2n) is 6.55. The molecule has 3 heteroatoms. The maximum Gasteiger partial charge on any atom is 0.232 e. The second kappa shape index (κ2) is 9.97. The first kappa shape index (κ1) is 18.2. The highest BCUT2D eigenvalue weighted by atomic mass is 16.5. The Kier molecular flexibility index (Phi) is 8.63. The third-order valence-corrected chi connectivity index (χ3v) is 4.46. The average molecular weight is 294 g/mol. The molecule has 0 spiro atoms. The highest BCUT2D eigenvalue weighted by Gasteiger charge is 2.31. The molecule has 0 N–H and O–H groups in total. The zero-order valence-corrected chi connectivity index (χ0v) is 14.6. The number of unbranched alkanes of at least 4 members (excludes halogenated alkanes) is 6. The van der Waals surface area contributed by atoms with E-state index in [1.807, 2.05) is 0 Å². The molecule has 0 aromatic carbocycles. The third-order valence-electron chi connectivity index (χ3n) is 4.46. The molecule has 0 radical (unpaired) electrons. The standard InChI is InChI=1S/C18H34N2O/c1-5-8-10-12-14-18(4,15-13-11-9-6-2)17-19-16(7-3)20-21-17/h5-15H2,1-4H3. The summed E-state index contributed by atoms with van der Waals surface area (Å²) in [5.41, 5.74) is 0.0713. The fourth-order valence-corrected chi connectivity index (χ4v) is 2.87. The van der Waals surface area contributed by atoms with E-state index in [2.05, 4.69) is 37.8 Å². The predicted molar refractivity (Wildman–Crippen MR) is 88.5 cm³/mol. The van der Waals surface area contributed by atoms with Crippen LogP contribution in [0.5, 0.6) is 0 Å². The van der Waals surface area contributed by atoms with Gasteiger partial charge in [0.15, 0.2) is 5.82 Å². The molecule has 1 heterocycles. The summed E-state index contributed by atoms with van der Waals surface area (Å²) in [6.07, 6.45) is 13.6. The average Bonchev–Trinajstić information content (AvgIpc) is 2.98. The summed E-state index contributed by atoms with van der Waals surface area (Å²) in [4.78, 5) is 4.62. The summed E-state index contributed by atoms with van der Waals surface area (Å²) in [6, 6.07) is 0. The van der Waals surface area contributed by atoms with Gasteiger partial charge < -0.3 is 4.52 Å². The van der Waals surface area contributed by atoms with Gasteiger partial charge in [-0.2, -0.15) is 4.98 Å². The molecule has 0 saturated carbocycles. The van der Waals surface area contributed by atoms with Crippen LogP contribution >= 0.6 is 0 Å². The van der Waals surface area contributed by atoms with Crippen LogP contribution in [0.25, 0.3) is 0 Å². The molecular formula is C18H34N2O. The van der Waals surface area contributed by atoms with Crippen molar-refractivity contribution in [2.75, 3.05) is 0 Å². The normalized spacial score (nSPS) is 12.0. The van der Waals surface area contributed by atoms with Gasteiger partial charge >= 0.3 is 0 Å². The van der Waals surface area contributed by atoms with Crippen molar-refractivity contribution in [3.05, 3.63) is 11.7 Å². The van der Waals surface area contributed by atoms with Crippen molar-refractivity contribution in [1.82, 2.24) is 10.1 Å². The molecule has 0 aliphatic heterocycles. The second-order valence-corrected chi connectivity index (χ2v) is 6.55. The minimum atomic E-state index is 0.0713. The first-order chi connectivity index (χ1) is 10.2.